The van der Waals surface area contributed by atoms with Crippen LogP contribution in [0.15, 0.2) is 0 Å². The molecular weight excluding hydrogens is 166 g/mol. The lowest BCUT2D eigenvalue weighted by atomic mass is 9.90. The highest BCUT2D eigenvalue weighted by molar-refractivity contribution is 7.99. The lowest BCUT2D eigenvalue weighted by Crippen LogP contribution is -2.40. The normalized spacial score (nSPS) is 26.5. The predicted octanol–water partition coefficient (Wildman–Crippen LogP) is 2.37. The van der Waals surface area contributed by atoms with Gasteiger partial charge in [-0.2, -0.15) is 11.8 Å². The maximum Gasteiger partial charge on any atom is 0.0126 e. The third-order valence-electron chi connectivity index (χ3n) is 2.63. The van der Waals surface area contributed by atoms with Crippen molar-refractivity contribution in [1.29, 1.82) is 0 Å². The summed E-state index contributed by atoms with van der Waals surface area (Å²) in [7, 11) is 0. The lowest BCUT2D eigenvalue weighted by molar-refractivity contribution is 0.308. The average molecular weight is 187 g/mol. The third kappa shape index (κ3) is 2.67. The topological polar surface area (TPSA) is 12.0 Å². The zero-order valence-corrected chi connectivity index (χ0v) is 9.29. The molecule has 72 valence electrons. The highest BCUT2D eigenvalue weighted by atomic mass is 32.2. The van der Waals surface area contributed by atoms with Gasteiger partial charge in [0.05, 0.1) is 0 Å². The molecule has 0 bridgehead atoms. The molecule has 1 heterocycles. The number of nitrogens with one attached hydrogen (secondary N) is 1. The van der Waals surface area contributed by atoms with Gasteiger partial charge in [-0.25, -0.2) is 0 Å². The Labute approximate surface area is 80.7 Å². The maximum atomic E-state index is 3.61. The van der Waals surface area contributed by atoms with E-state index in [9.17, 15) is 0 Å². The summed E-state index contributed by atoms with van der Waals surface area (Å²) in [5.41, 5.74) is 0. The third-order valence-corrected chi connectivity index (χ3v) is 3.82. The lowest BCUT2D eigenvalue weighted by Gasteiger charge is -2.27. The minimum atomic E-state index is 0.755. The van der Waals surface area contributed by atoms with E-state index in [0.29, 0.717) is 0 Å². The maximum absolute atomic E-state index is 3.61. The monoisotopic (exact) mass is 187 g/mol. The van der Waals surface area contributed by atoms with Crippen LogP contribution in [0.5, 0.6) is 0 Å². The Balaban J connectivity index is 2.40. The fourth-order valence-electron chi connectivity index (χ4n) is 2.02. The molecule has 1 saturated heterocycles. The molecule has 0 aromatic heterocycles. The molecule has 1 aliphatic heterocycles. The van der Waals surface area contributed by atoms with Crippen molar-refractivity contribution >= 4 is 11.8 Å². The molecule has 0 spiro atoms. The Morgan fingerprint density at radius 2 is 2.25 bits per heavy atom. The summed E-state index contributed by atoms with van der Waals surface area (Å²) >= 11 is 2.11. The molecule has 12 heavy (non-hydrogen) atoms. The molecule has 1 nitrogen and oxygen atoms in total. The van der Waals surface area contributed by atoms with Crippen LogP contribution in [-0.2, 0) is 0 Å². The van der Waals surface area contributed by atoms with E-state index in [1.54, 1.807) is 0 Å². The SMILES string of the molecule is CCNC(C(C)C)C1CCSC1. The van der Waals surface area contributed by atoms with Crippen molar-refractivity contribution in [1.82, 2.24) is 5.32 Å². The zero-order chi connectivity index (χ0) is 8.97. The van der Waals surface area contributed by atoms with Crippen molar-refractivity contribution in [2.45, 2.75) is 33.2 Å². The highest BCUT2D eigenvalue weighted by Crippen LogP contribution is 2.29. The summed E-state index contributed by atoms with van der Waals surface area (Å²) in [5, 5.41) is 3.61. The summed E-state index contributed by atoms with van der Waals surface area (Å²) < 4.78 is 0. The summed E-state index contributed by atoms with van der Waals surface area (Å²) in [6, 6.07) is 0.755. The predicted molar refractivity (Wildman–Crippen MR) is 57.7 cm³/mol. The molecule has 1 N–H and O–H groups in total. The average Bonchev–Trinajstić information content (AvgIpc) is 2.51. The highest BCUT2D eigenvalue weighted by Gasteiger charge is 2.26. The molecule has 0 amide bonds. The van der Waals surface area contributed by atoms with Crippen molar-refractivity contribution < 1.29 is 0 Å². The van der Waals surface area contributed by atoms with E-state index < -0.39 is 0 Å². The van der Waals surface area contributed by atoms with Crippen LogP contribution in [0.2, 0.25) is 0 Å². The van der Waals surface area contributed by atoms with Gasteiger partial charge in [-0.15, -0.1) is 0 Å². The summed E-state index contributed by atoms with van der Waals surface area (Å²) in [5.74, 6) is 4.46. The molecule has 0 saturated carbocycles. The van der Waals surface area contributed by atoms with Gasteiger partial charge in [0.15, 0.2) is 0 Å². The molecule has 1 fully saturated rings. The van der Waals surface area contributed by atoms with E-state index in [4.69, 9.17) is 0 Å². The van der Waals surface area contributed by atoms with Crippen molar-refractivity contribution in [3.8, 4) is 0 Å². The van der Waals surface area contributed by atoms with Gasteiger partial charge in [0.25, 0.3) is 0 Å². The Morgan fingerprint density at radius 3 is 2.67 bits per heavy atom. The Kier molecular flexibility index (Phi) is 4.44. The molecule has 2 unspecified atom stereocenters. The molecule has 1 rings (SSSR count). The van der Waals surface area contributed by atoms with Crippen LogP contribution < -0.4 is 5.32 Å². The molecule has 0 aliphatic carbocycles. The van der Waals surface area contributed by atoms with Crippen LogP contribution in [0.4, 0.5) is 0 Å². The van der Waals surface area contributed by atoms with Gasteiger partial charge in [-0.05, 0) is 36.3 Å². The van der Waals surface area contributed by atoms with E-state index in [-0.39, 0.29) is 0 Å². The van der Waals surface area contributed by atoms with E-state index >= 15 is 0 Å². The summed E-state index contributed by atoms with van der Waals surface area (Å²) in [6.45, 7) is 7.98. The molecule has 0 radical (unpaired) electrons. The smallest absolute Gasteiger partial charge is 0.0126 e. The quantitative estimate of drug-likeness (QED) is 0.725. The fourth-order valence-corrected chi connectivity index (χ4v) is 3.33. The van der Waals surface area contributed by atoms with Gasteiger partial charge in [0, 0.05) is 6.04 Å². The summed E-state index contributed by atoms with van der Waals surface area (Å²) in [4.78, 5) is 0. The Morgan fingerprint density at radius 1 is 1.50 bits per heavy atom. The van der Waals surface area contributed by atoms with Crippen LogP contribution in [0.25, 0.3) is 0 Å². The van der Waals surface area contributed by atoms with Crippen LogP contribution in [0.3, 0.4) is 0 Å². The van der Waals surface area contributed by atoms with Gasteiger partial charge in [-0.1, -0.05) is 20.8 Å². The Hall–Kier alpha value is 0.310. The largest absolute Gasteiger partial charge is 0.314 e. The van der Waals surface area contributed by atoms with E-state index in [1.807, 2.05) is 0 Å². The second kappa shape index (κ2) is 5.13. The zero-order valence-electron chi connectivity index (χ0n) is 8.47. The van der Waals surface area contributed by atoms with Crippen molar-refractivity contribution in [3.63, 3.8) is 0 Å². The van der Waals surface area contributed by atoms with Crippen molar-refractivity contribution in [3.05, 3.63) is 0 Å². The first-order chi connectivity index (χ1) is 5.75. The van der Waals surface area contributed by atoms with Gasteiger partial charge in [0.1, 0.15) is 0 Å². The molecule has 2 atom stereocenters. The number of hydrogen-bond acceptors (Lipinski definition) is 2. The summed E-state index contributed by atoms with van der Waals surface area (Å²) in [6.07, 6.45) is 1.42. The van der Waals surface area contributed by atoms with Crippen molar-refractivity contribution in [2.75, 3.05) is 18.1 Å². The van der Waals surface area contributed by atoms with E-state index in [2.05, 4.69) is 37.8 Å². The van der Waals surface area contributed by atoms with E-state index in [0.717, 1.165) is 24.4 Å². The van der Waals surface area contributed by atoms with Gasteiger partial charge >= 0.3 is 0 Å². The first-order valence-corrected chi connectivity index (χ1v) is 6.22. The van der Waals surface area contributed by atoms with Gasteiger partial charge < -0.3 is 5.32 Å². The van der Waals surface area contributed by atoms with Crippen molar-refractivity contribution in [2.24, 2.45) is 11.8 Å². The van der Waals surface area contributed by atoms with Crippen LogP contribution in [0, 0.1) is 11.8 Å². The number of rotatable bonds is 4. The minimum Gasteiger partial charge on any atom is -0.314 e. The number of thioether (sulfide) groups is 1. The van der Waals surface area contributed by atoms with Crippen LogP contribution in [0.1, 0.15) is 27.2 Å². The van der Waals surface area contributed by atoms with Crippen LogP contribution in [-0.4, -0.2) is 24.1 Å². The Bertz CT molecular complexity index is 119. The second-order valence-electron chi connectivity index (χ2n) is 3.95. The number of hydrogen-bond donors (Lipinski definition) is 1. The molecule has 2 heteroatoms. The molecule has 0 aromatic rings. The minimum absolute atomic E-state index is 0.755. The van der Waals surface area contributed by atoms with Crippen LogP contribution >= 0.6 is 11.8 Å². The van der Waals surface area contributed by atoms with Gasteiger partial charge in [-0.3, -0.25) is 0 Å². The first-order valence-electron chi connectivity index (χ1n) is 5.06. The molecular formula is C10H21NS. The second-order valence-corrected chi connectivity index (χ2v) is 5.10. The molecule has 0 aromatic carbocycles. The first kappa shape index (κ1) is 10.4. The van der Waals surface area contributed by atoms with E-state index in [1.165, 1.54) is 17.9 Å². The molecule has 1 aliphatic rings. The fraction of sp³-hybridized carbons (Fsp3) is 1.00. The standard InChI is InChI=1S/C10H21NS/c1-4-11-10(8(2)3)9-5-6-12-7-9/h8-11H,4-7H2,1-3H3. The van der Waals surface area contributed by atoms with Gasteiger partial charge in [0.2, 0.25) is 0 Å².